The Labute approximate surface area is 130 Å². The number of rotatable bonds is 13. The van der Waals surface area contributed by atoms with Gasteiger partial charge in [0, 0.05) is 10.9 Å². The lowest BCUT2D eigenvalue weighted by Gasteiger charge is -2.14. The molecule has 0 amide bonds. The standard InChI is InChI=1S/C13H24FNO6S/c1-2-3-4-5-6-7-10-22(19,20)15-11(13(18)21-14)8-9-12(16)17/h11,15H,2-10H2,1H3,(H,16,17)/t11-/m0/s1. The zero-order valence-electron chi connectivity index (χ0n) is 12.7. The van der Waals surface area contributed by atoms with Crippen LogP contribution in [0.25, 0.3) is 0 Å². The molecule has 22 heavy (non-hydrogen) atoms. The molecule has 0 fully saturated rings. The molecule has 7 nitrogen and oxygen atoms in total. The van der Waals surface area contributed by atoms with Crippen LogP contribution in [-0.2, 0) is 24.6 Å². The van der Waals surface area contributed by atoms with Crippen LogP contribution in [0.1, 0.15) is 58.3 Å². The largest absolute Gasteiger partial charge is 0.481 e. The van der Waals surface area contributed by atoms with Crippen LogP contribution < -0.4 is 4.72 Å². The lowest BCUT2D eigenvalue weighted by molar-refractivity contribution is -0.186. The van der Waals surface area contributed by atoms with Gasteiger partial charge < -0.3 is 5.11 Å². The maximum Gasteiger partial charge on any atom is 0.366 e. The number of aliphatic carboxylic acids is 1. The van der Waals surface area contributed by atoms with Crippen LogP contribution in [0.2, 0.25) is 0 Å². The van der Waals surface area contributed by atoms with Gasteiger partial charge >= 0.3 is 11.9 Å². The zero-order valence-corrected chi connectivity index (χ0v) is 13.5. The van der Waals surface area contributed by atoms with E-state index in [2.05, 4.69) is 11.9 Å². The van der Waals surface area contributed by atoms with Gasteiger partial charge in [0.25, 0.3) is 0 Å². The Morgan fingerprint density at radius 2 is 1.77 bits per heavy atom. The minimum Gasteiger partial charge on any atom is -0.481 e. The Hall–Kier alpha value is -1.22. The van der Waals surface area contributed by atoms with Crippen molar-refractivity contribution in [2.75, 3.05) is 5.75 Å². The summed E-state index contributed by atoms with van der Waals surface area (Å²) in [5.74, 6) is -2.85. The summed E-state index contributed by atoms with van der Waals surface area (Å²) in [4.78, 5) is 24.6. The van der Waals surface area contributed by atoms with E-state index in [1.807, 2.05) is 4.72 Å². The Balaban J connectivity index is 4.30. The van der Waals surface area contributed by atoms with Crippen molar-refractivity contribution in [2.45, 2.75) is 64.3 Å². The maximum absolute atomic E-state index is 11.9. The molecule has 0 aliphatic rings. The highest BCUT2D eigenvalue weighted by Crippen LogP contribution is 2.08. The van der Waals surface area contributed by atoms with Crippen LogP contribution in [0.15, 0.2) is 0 Å². The van der Waals surface area contributed by atoms with E-state index >= 15 is 0 Å². The van der Waals surface area contributed by atoms with Gasteiger partial charge in [0.1, 0.15) is 6.04 Å². The van der Waals surface area contributed by atoms with Crippen molar-refractivity contribution >= 4 is 22.0 Å². The van der Waals surface area contributed by atoms with E-state index in [0.717, 1.165) is 32.1 Å². The summed E-state index contributed by atoms with van der Waals surface area (Å²) in [5.41, 5.74) is 0. The van der Waals surface area contributed by atoms with E-state index in [1.54, 1.807) is 0 Å². The highest BCUT2D eigenvalue weighted by Gasteiger charge is 2.27. The van der Waals surface area contributed by atoms with Gasteiger partial charge in [0.2, 0.25) is 10.0 Å². The molecule has 130 valence electrons. The Morgan fingerprint density at radius 1 is 1.18 bits per heavy atom. The van der Waals surface area contributed by atoms with Crippen LogP contribution in [-0.4, -0.2) is 37.3 Å². The fraction of sp³-hybridized carbons (Fsp3) is 0.846. The van der Waals surface area contributed by atoms with Gasteiger partial charge in [-0.3, -0.25) is 9.74 Å². The highest BCUT2D eigenvalue weighted by molar-refractivity contribution is 7.89. The lowest BCUT2D eigenvalue weighted by Crippen LogP contribution is -2.42. The van der Waals surface area contributed by atoms with E-state index in [1.165, 1.54) is 0 Å². The predicted molar refractivity (Wildman–Crippen MR) is 78.2 cm³/mol. The van der Waals surface area contributed by atoms with Gasteiger partial charge in [-0.25, -0.2) is 17.9 Å². The summed E-state index contributed by atoms with van der Waals surface area (Å²) >= 11 is 0. The van der Waals surface area contributed by atoms with Crippen molar-refractivity contribution in [1.29, 1.82) is 0 Å². The van der Waals surface area contributed by atoms with Crippen molar-refractivity contribution < 1.29 is 32.6 Å². The number of halogens is 1. The Kier molecular flexibility index (Phi) is 10.7. The van der Waals surface area contributed by atoms with E-state index in [0.29, 0.717) is 6.42 Å². The minimum absolute atomic E-state index is 0.192. The molecule has 0 aliphatic carbocycles. The fourth-order valence-electron chi connectivity index (χ4n) is 1.89. The van der Waals surface area contributed by atoms with Crippen LogP contribution in [0, 0.1) is 0 Å². The maximum atomic E-state index is 11.9. The number of hydrogen-bond donors (Lipinski definition) is 2. The first-order valence-corrected chi connectivity index (χ1v) is 9.01. The van der Waals surface area contributed by atoms with E-state index < -0.39 is 34.4 Å². The van der Waals surface area contributed by atoms with Crippen LogP contribution >= 0.6 is 0 Å². The number of carboxylic acids is 1. The summed E-state index contributed by atoms with van der Waals surface area (Å²) in [7, 11) is -3.79. The third-order valence-corrected chi connectivity index (χ3v) is 4.57. The molecule has 0 unspecified atom stereocenters. The molecule has 0 aromatic heterocycles. The second-order valence-corrected chi connectivity index (χ2v) is 6.96. The summed E-state index contributed by atoms with van der Waals surface area (Å²) in [6, 6.07) is -1.52. The van der Waals surface area contributed by atoms with Crippen LogP contribution in [0.4, 0.5) is 4.53 Å². The third kappa shape index (κ3) is 10.5. The first-order valence-electron chi connectivity index (χ1n) is 7.36. The molecule has 0 heterocycles. The first kappa shape index (κ1) is 20.8. The molecule has 0 spiro atoms. The second-order valence-electron chi connectivity index (χ2n) is 5.09. The quantitative estimate of drug-likeness (QED) is 0.495. The second kappa shape index (κ2) is 11.4. The van der Waals surface area contributed by atoms with Gasteiger partial charge in [-0.15, -0.1) is 0 Å². The van der Waals surface area contributed by atoms with Crippen molar-refractivity contribution in [1.82, 2.24) is 4.72 Å². The number of unbranched alkanes of at least 4 members (excludes halogenated alkanes) is 5. The summed E-state index contributed by atoms with van der Waals surface area (Å²) < 4.78 is 37.5. The van der Waals surface area contributed by atoms with Crippen molar-refractivity contribution in [3.63, 3.8) is 0 Å². The minimum atomic E-state index is -3.79. The average molecular weight is 341 g/mol. The van der Waals surface area contributed by atoms with Gasteiger partial charge in [0.15, 0.2) is 0 Å². The lowest BCUT2D eigenvalue weighted by atomic mass is 10.1. The average Bonchev–Trinajstić information content (AvgIpc) is 2.46. The molecule has 0 aromatic rings. The number of carbonyl (C=O) groups is 2. The molecule has 0 saturated carbocycles. The van der Waals surface area contributed by atoms with Crippen molar-refractivity contribution in [2.24, 2.45) is 0 Å². The van der Waals surface area contributed by atoms with Gasteiger partial charge in [-0.2, -0.15) is 0 Å². The Bertz CT molecular complexity index is 440. The Morgan fingerprint density at radius 3 is 2.32 bits per heavy atom. The van der Waals surface area contributed by atoms with Gasteiger partial charge in [-0.1, -0.05) is 39.0 Å². The zero-order chi connectivity index (χ0) is 17.0. The number of hydrogen-bond acceptors (Lipinski definition) is 5. The molecule has 0 bridgehead atoms. The smallest absolute Gasteiger partial charge is 0.366 e. The van der Waals surface area contributed by atoms with E-state index in [4.69, 9.17) is 5.11 Å². The molecule has 9 heteroatoms. The molecule has 0 rings (SSSR count). The molecule has 0 aliphatic heterocycles. The van der Waals surface area contributed by atoms with E-state index in [-0.39, 0.29) is 12.2 Å². The fourth-order valence-corrected chi connectivity index (χ4v) is 3.24. The molecular formula is C13H24FNO6S. The van der Waals surface area contributed by atoms with Crippen LogP contribution in [0.5, 0.6) is 0 Å². The molecule has 2 N–H and O–H groups in total. The predicted octanol–water partition coefficient (Wildman–Crippen LogP) is 1.93. The first-order chi connectivity index (χ1) is 10.3. The SMILES string of the molecule is CCCCCCCCS(=O)(=O)N[C@@H](CCC(=O)O)C(=O)OF. The highest BCUT2D eigenvalue weighted by atomic mass is 32.2. The summed E-state index contributed by atoms with van der Waals surface area (Å²) in [6.07, 6.45) is 4.50. The number of nitrogens with one attached hydrogen (secondary N) is 1. The van der Waals surface area contributed by atoms with Crippen molar-refractivity contribution in [3.8, 4) is 0 Å². The number of carboxylic acid groups (broad SMARTS) is 1. The summed E-state index contributed by atoms with van der Waals surface area (Å²) in [6.45, 7) is 2.08. The number of carbonyl (C=O) groups excluding carboxylic acids is 1. The van der Waals surface area contributed by atoms with Gasteiger partial charge in [-0.05, 0) is 12.8 Å². The number of sulfonamides is 1. The molecule has 0 aromatic carbocycles. The van der Waals surface area contributed by atoms with E-state index in [9.17, 15) is 22.5 Å². The monoisotopic (exact) mass is 341 g/mol. The summed E-state index contributed by atoms with van der Waals surface area (Å²) in [5, 5.41) is 8.54. The third-order valence-electron chi connectivity index (χ3n) is 3.10. The van der Waals surface area contributed by atoms with Crippen LogP contribution in [0.3, 0.4) is 0 Å². The molecule has 1 atom stereocenters. The normalized spacial score (nSPS) is 12.8. The molecule has 0 saturated heterocycles. The van der Waals surface area contributed by atoms with Gasteiger partial charge in [0.05, 0.1) is 5.75 Å². The van der Waals surface area contributed by atoms with Crippen molar-refractivity contribution in [3.05, 3.63) is 0 Å². The molecular weight excluding hydrogens is 317 g/mol. The molecule has 0 radical (unpaired) electrons. The topological polar surface area (TPSA) is 110 Å².